The van der Waals surface area contributed by atoms with Gasteiger partial charge in [0.15, 0.2) is 6.23 Å². The molecule has 7 heterocycles. The minimum atomic E-state index is -0.784. The number of benzene rings is 1. The summed E-state index contributed by atoms with van der Waals surface area (Å²) < 4.78 is 3.91. The van der Waals surface area contributed by atoms with Crippen molar-refractivity contribution in [1.82, 2.24) is 9.38 Å². The van der Waals surface area contributed by atoms with Gasteiger partial charge < -0.3 is 15.4 Å². The Balaban J connectivity index is 1.67. The first-order chi connectivity index (χ1) is 14.2. The molecule has 2 aliphatic heterocycles. The fraction of sp³-hybridized carbons (Fsp3) is 0.0500. The average molecular weight is 435 g/mol. The SMILES string of the molecule is O=c1c2ccc3c4c(sc(c24)c2[nH]c4sccc4n12)=C1Nc2sccc2N1C3O. The molecule has 29 heavy (non-hydrogen) atoms. The molecule has 6 aromatic rings. The van der Waals surface area contributed by atoms with Gasteiger partial charge in [-0.25, -0.2) is 0 Å². The Morgan fingerprint density at radius 2 is 1.97 bits per heavy atom. The summed E-state index contributed by atoms with van der Waals surface area (Å²) in [5.74, 6) is 0.902. The van der Waals surface area contributed by atoms with Gasteiger partial charge in [-0.1, -0.05) is 6.07 Å². The molecule has 2 aliphatic rings. The number of nitrogens with one attached hydrogen (secondary N) is 2. The van der Waals surface area contributed by atoms with Gasteiger partial charge in [-0.05, 0) is 29.0 Å². The number of H-pyrrole nitrogens is 1. The van der Waals surface area contributed by atoms with Gasteiger partial charge in [0.1, 0.15) is 21.3 Å². The molecule has 1 atom stereocenters. The minimum absolute atomic E-state index is 0.0199. The summed E-state index contributed by atoms with van der Waals surface area (Å²) in [4.78, 5) is 19.8. The van der Waals surface area contributed by atoms with Gasteiger partial charge in [-0.2, -0.15) is 0 Å². The van der Waals surface area contributed by atoms with Crippen molar-refractivity contribution < 1.29 is 5.11 Å². The van der Waals surface area contributed by atoms with Crippen LogP contribution in [0.5, 0.6) is 0 Å². The molecular weight excluding hydrogens is 424 g/mol. The van der Waals surface area contributed by atoms with Crippen LogP contribution in [0.15, 0.2) is 39.8 Å². The third-order valence-electron chi connectivity index (χ3n) is 6.00. The lowest BCUT2D eigenvalue weighted by atomic mass is 9.99. The number of anilines is 2. The van der Waals surface area contributed by atoms with Crippen LogP contribution in [0.25, 0.3) is 42.7 Å². The number of aliphatic hydroxyl groups excluding tert-OH is 1. The van der Waals surface area contributed by atoms with E-state index in [0.29, 0.717) is 5.39 Å². The minimum Gasteiger partial charge on any atom is -0.369 e. The number of aromatic nitrogens is 2. The highest BCUT2D eigenvalue weighted by Crippen LogP contribution is 2.49. The normalized spacial score (nSPS) is 17.8. The van der Waals surface area contributed by atoms with E-state index in [1.807, 2.05) is 39.9 Å². The van der Waals surface area contributed by atoms with E-state index in [1.165, 1.54) is 0 Å². The number of nitrogens with zero attached hydrogens (tertiary/aromatic N) is 2. The molecule has 3 N–H and O–H groups in total. The van der Waals surface area contributed by atoms with E-state index >= 15 is 0 Å². The number of aliphatic hydroxyl groups is 1. The molecule has 0 bridgehead atoms. The Bertz CT molecular complexity index is 1800. The fourth-order valence-electron chi connectivity index (χ4n) is 4.81. The van der Waals surface area contributed by atoms with Crippen molar-refractivity contribution in [3.63, 3.8) is 0 Å². The van der Waals surface area contributed by atoms with E-state index in [-0.39, 0.29) is 5.56 Å². The molecular formula is C20H10N4O2S3. The molecule has 0 saturated heterocycles. The Morgan fingerprint density at radius 3 is 2.90 bits per heavy atom. The standard InChI is InChI=1S/C20H10N4O2S3/c25-19-7-1-2-8-12-11(7)13(15-21-17-9(23(15)19)3-5-27-17)29-14(12)16-22-18-10(4-6-28-18)24(16)20(8)26/h1-6,19,21-22,25H. The van der Waals surface area contributed by atoms with Crippen LogP contribution in [0.4, 0.5) is 10.7 Å². The number of pyridine rings is 1. The van der Waals surface area contributed by atoms with Crippen LogP contribution in [0.1, 0.15) is 11.8 Å². The molecule has 0 radical (unpaired) electrons. The zero-order valence-electron chi connectivity index (χ0n) is 14.5. The first-order valence-corrected chi connectivity index (χ1v) is 11.6. The Morgan fingerprint density at radius 1 is 1.07 bits per heavy atom. The summed E-state index contributed by atoms with van der Waals surface area (Å²) in [5.41, 5.74) is 3.57. The number of rotatable bonds is 0. The second kappa shape index (κ2) is 4.65. The van der Waals surface area contributed by atoms with Crippen LogP contribution >= 0.6 is 34.0 Å². The van der Waals surface area contributed by atoms with Crippen molar-refractivity contribution in [2.45, 2.75) is 6.23 Å². The number of imidazole rings is 1. The van der Waals surface area contributed by atoms with Crippen LogP contribution in [-0.4, -0.2) is 14.5 Å². The number of thiophene rings is 3. The predicted molar refractivity (Wildman–Crippen MR) is 120 cm³/mol. The Labute approximate surface area is 173 Å². The van der Waals surface area contributed by atoms with Crippen LogP contribution < -0.4 is 20.3 Å². The molecule has 1 unspecified atom stereocenters. The summed E-state index contributed by atoms with van der Waals surface area (Å²) in [6.07, 6.45) is -0.784. The molecule has 1 aromatic carbocycles. The van der Waals surface area contributed by atoms with E-state index in [4.69, 9.17) is 0 Å². The van der Waals surface area contributed by atoms with Gasteiger partial charge >= 0.3 is 0 Å². The van der Waals surface area contributed by atoms with Gasteiger partial charge in [0.2, 0.25) is 0 Å². The summed E-state index contributed by atoms with van der Waals surface area (Å²) in [7, 11) is 0. The third kappa shape index (κ3) is 1.52. The van der Waals surface area contributed by atoms with Crippen molar-refractivity contribution in [3.05, 3.63) is 55.5 Å². The first kappa shape index (κ1) is 15.1. The molecule has 0 fully saturated rings. The molecule has 6 nitrogen and oxygen atoms in total. The second-order valence-electron chi connectivity index (χ2n) is 7.31. The highest BCUT2D eigenvalue weighted by atomic mass is 32.1. The summed E-state index contributed by atoms with van der Waals surface area (Å²) in [5, 5.41) is 22.4. The highest BCUT2D eigenvalue weighted by molar-refractivity contribution is 7.19. The van der Waals surface area contributed by atoms with Crippen molar-refractivity contribution in [3.8, 4) is 0 Å². The van der Waals surface area contributed by atoms with Crippen molar-refractivity contribution in [1.29, 1.82) is 0 Å². The molecule has 0 amide bonds. The van der Waals surface area contributed by atoms with Gasteiger partial charge in [0.05, 0.1) is 20.4 Å². The lowest BCUT2D eigenvalue weighted by Crippen LogP contribution is -2.33. The zero-order valence-corrected chi connectivity index (χ0v) is 17.0. The molecule has 5 aromatic heterocycles. The quantitative estimate of drug-likeness (QED) is 0.338. The fourth-order valence-corrected chi connectivity index (χ4v) is 7.68. The predicted octanol–water partition coefficient (Wildman–Crippen LogP) is 3.99. The maximum atomic E-state index is 13.4. The van der Waals surface area contributed by atoms with E-state index in [1.54, 1.807) is 38.4 Å². The van der Waals surface area contributed by atoms with Crippen molar-refractivity contribution in [2.75, 3.05) is 10.2 Å². The molecule has 0 spiro atoms. The van der Waals surface area contributed by atoms with Gasteiger partial charge in [0, 0.05) is 21.7 Å². The summed E-state index contributed by atoms with van der Waals surface area (Å²) in [6.45, 7) is 0. The monoisotopic (exact) mass is 434 g/mol. The van der Waals surface area contributed by atoms with Gasteiger partial charge in [-0.15, -0.1) is 34.0 Å². The van der Waals surface area contributed by atoms with Crippen molar-refractivity contribution in [2.24, 2.45) is 0 Å². The lowest BCUT2D eigenvalue weighted by molar-refractivity contribution is 0.187. The maximum Gasteiger partial charge on any atom is 0.264 e. The van der Waals surface area contributed by atoms with E-state index in [0.717, 1.165) is 58.1 Å². The molecule has 140 valence electrons. The van der Waals surface area contributed by atoms with Crippen LogP contribution in [0, 0.1) is 0 Å². The van der Waals surface area contributed by atoms with Crippen LogP contribution in [0.3, 0.4) is 0 Å². The van der Waals surface area contributed by atoms with Gasteiger partial charge in [-0.3, -0.25) is 14.1 Å². The van der Waals surface area contributed by atoms with Crippen LogP contribution in [0.2, 0.25) is 0 Å². The van der Waals surface area contributed by atoms with Crippen LogP contribution in [-0.2, 0) is 0 Å². The maximum absolute atomic E-state index is 13.4. The van der Waals surface area contributed by atoms with Gasteiger partial charge in [0.25, 0.3) is 5.56 Å². The van der Waals surface area contributed by atoms with E-state index in [2.05, 4.69) is 10.3 Å². The average Bonchev–Trinajstić information content (AvgIpc) is 3.48. The zero-order chi connectivity index (χ0) is 19.0. The lowest BCUT2D eigenvalue weighted by Gasteiger charge is -2.29. The Hall–Kier alpha value is -2.85. The first-order valence-electron chi connectivity index (χ1n) is 9.07. The van der Waals surface area contributed by atoms with E-state index in [9.17, 15) is 9.90 Å². The topological polar surface area (TPSA) is 72.8 Å². The van der Waals surface area contributed by atoms with Crippen molar-refractivity contribution >= 4 is 87.4 Å². The second-order valence-corrected chi connectivity index (χ2v) is 10.2. The van der Waals surface area contributed by atoms with E-state index < -0.39 is 6.23 Å². The number of aromatic amines is 1. The molecule has 0 saturated carbocycles. The largest absolute Gasteiger partial charge is 0.369 e. The summed E-state index contributed by atoms with van der Waals surface area (Å²) >= 11 is 4.90. The molecule has 0 aliphatic carbocycles. The third-order valence-corrected chi connectivity index (χ3v) is 8.84. The smallest absolute Gasteiger partial charge is 0.264 e. The molecule has 8 rings (SSSR count). The Kier molecular flexibility index (Phi) is 2.41. The number of hydrogen-bond acceptors (Lipinski definition) is 7. The summed E-state index contributed by atoms with van der Waals surface area (Å²) in [6, 6.07) is 7.79. The number of hydrogen-bond donors (Lipinski definition) is 3. The number of fused-ring (bicyclic) bond motifs is 7. The molecule has 9 heteroatoms. The highest BCUT2D eigenvalue weighted by Gasteiger charge is 2.37.